The van der Waals surface area contributed by atoms with Gasteiger partial charge in [0.25, 0.3) is 0 Å². The topological polar surface area (TPSA) is 34.1 Å². The number of nitrogens with zero attached hydrogens (tertiary/aromatic N) is 1. The fourth-order valence-electron chi connectivity index (χ4n) is 1.95. The lowest BCUT2D eigenvalue weighted by Crippen LogP contribution is -2.33. The smallest absolute Gasteiger partial charge is 0.0543 e. The number of ether oxygens (including phenoxy) is 1. The van der Waals surface area contributed by atoms with Crippen LogP contribution in [0.5, 0.6) is 0 Å². The predicted molar refractivity (Wildman–Crippen MR) is 75.7 cm³/mol. The lowest BCUT2D eigenvalue weighted by atomic mass is 10.0. The summed E-state index contributed by atoms with van der Waals surface area (Å²) in [7, 11) is 1.78. The molecule has 3 heteroatoms. The molecule has 1 heterocycles. The molecule has 102 valence electrons. The van der Waals surface area contributed by atoms with Crippen molar-refractivity contribution >= 4 is 0 Å². The highest BCUT2D eigenvalue weighted by molar-refractivity contribution is 5.05. The molecule has 0 saturated heterocycles. The summed E-state index contributed by atoms with van der Waals surface area (Å²) in [6, 6.07) is 6.61. The molecule has 0 spiro atoms. The van der Waals surface area contributed by atoms with E-state index in [0.29, 0.717) is 12.1 Å². The minimum atomic E-state index is 0.333. The molecule has 1 N–H and O–H groups in total. The van der Waals surface area contributed by atoms with E-state index in [1.165, 1.54) is 6.42 Å². The van der Waals surface area contributed by atoms with Crippen molar-refractivity contribution in [1.29, 1.82) is 0 Å². The highest BCUT2D eigenvalue weighted by Gasteiger charge is 2.11. The lowest BCUT2D eigenvalue weighted by molar-refractivity contribution is 0.106. The largest absolute Gasteiger partial charge is 0.382 e. The maximum absolute atomic E-state index is 5.31. The van der Waals surface area contributed by atoms with Gasteiger partial charge in [-0.2, -0.15) is 0 Å². The van der Waals surface area contributed by atoms with Crippen molar-refractivity contribution in [1.82, 2.24) is 10.3 Å². The fourth-order valence-corrected chi connectivity index (χ4v) is 1.95. The summed E-state index contributed by atoms with van der Waals surface area (Å²) in [5, 5.41) is 3.60. The standard InChI is InChI=1S/C15H26N2O/c1-4-10-16-15(9-8-13(2)18-3)12-14-7-5-6-11-17-14/h5-7,11,13,15-16H,4,8-10,12H2,1-3H3. The van der Waals surface area contributed by atoms with Crippen molar-refractivity contribution in [2.75, 3.05) is 13.7 Å². The van der Waals surface area contributed by atoms with Crippen molar-refractivity contribution < 1.29 is 4.74 Å². The molecular formula is C15H26N2O. The monoisotopic (exact) mass is 250 g/mol. The average molecular weight is 250 g/mol. The minimum absolute atomic E-state index is 0.333. The second-order valence-corrected chi connectivity index (χ2v) is 4.80. The van der Waals surface area contributed by atoms with E-state index in [1.54, 1.807) is 7.11 Å². The normalized spacial score (nSPS) is 14.4. The number of aromatic nitrogens is 1. The molecule has 0 aliphatic heterocycles. The Morgan fingerprint density at radius 2 is 2.17 bits per heavy atom. The number of pyridine rings is 1. The first kappa shape index (κ1) is 15.1. The van der Waals surface area contributed by atoms with E-state index in [1.807, 2.05) is 12.3 Å². The highest BCUT2D eigenvalue weighted by atomic mass is 16.5. The van der Waals surface area contributed by atoms with E-state index >= 15 is 0 Å². The molecule has 0 aromatic carbocycles. The van der Waals surface area contributed by atoms with Gasteiger partial charge in [0, 0.05) is 31.5 Å². The Kier molecular flexibility index (Phi) is 7.62. The van der Waals surface area contributed by atoms with Crippen LogP contribution in [0.3, 0.4) is 0 Å². The van der Waals surface area contributed by atoms with Crippen LogP contribution in [0, 0.1) is 0 Å². The van der Waals surface area contributed by atoms with E-state index < -0.39 is 0 Å². The summed E-state index contributed by atoms with van der Waals surface area (Å²) >= 11 is 0. The number of methoxy groups -OCH3 is 1. The zero-order valence-corrected chi connectivity index (χ0v) is 11.9. The van der Waals surface area contributed by atoms with Gasteiger partial charge in [0.15, 0.2) is 0 Å². The third kappa shape index (κ3) is 6.12. The second kappa shape index (κ2) is 9.06. The van der Waals surface area contributed by atoms with Crippen LogP contribution in [0.1, 0.15) is 38.8 Å². The van der Waals surface area contributed by atoms with Crippen molar-refractivity contribution in [2.24, 2.45) is 0 Å². The Balaban J connectivity index is 2.44. The van der Waals surface area contributed by atoms with E-state index in [2.05, 4.69) is 36.3 Å². The van der Waals surface area contributed by atoms with Gasteiger partial charge in [0.2, 0.25) is 0 Å². The first-order valence-electron chi connectivity index (χ1n) is 6.92. The third-order valence-corrected chi connectivity index (χ3v) is 3.19. The van der Waals surface area contributed by atoms with Gasteiger partial charge < -0.3 is 10.1 Å². The Morgan fingerprint density at radius 3 is 2.78 bits per heavy atom. The maximum Gasteiger partial charge on any atom is 0.0543 e. The molecule has 3 nitrogen and oxygen atoms in total. The molecule has 2 unspecified atom stereocenters. The van der Waals surface area contributed by atoms with Crippen molar-refractivity contribution in [3.63, 3.8) is 0 Å². The number of hydrogen-bond acceptors (Lipinski definition) is 3. The Morgan fingerprint density at radius 1 is 1.33 bits per heavy atom. The number of nitrogens with one attached hydrogen (secondary N) is 1. The summed E-state index contributed by atoms with van der Waals surface area (Å²) < 4.78 is 5.31. The molecular weight excluding hydrogens is 224 g/mol. The van der Waals surface area contributed by atoms with Crippen molar-refractivity contribution in [3.05, 3.63) is 30.1 Å². The Labute approximate surface area is 111 Å². The molecule has 1 rings (SSSR count). The summed E-state index contributed by atoms with van der Waals surface area (Å²) in [5.74, 6) is 0. The van der Waals surface area contributed by atoms with Gasteiger partial charge in [0.1, 0.15) is 0 Å². The summed E-state index contributed by atoms with van der Waals surface area (Å²) in [6.07, 6.45) is 6.58. The quantitative estimate of drug-likeness (QED) is 0.732. The van der Waals surface area contributed by atoms with Crippen LogP contribution in [-0.4, -0.2) is 30.8 Å². The van der Waals surface area contributed by atoms with Gasteiger partial charge >= 0.3 is 0 Å². The molecule has 1 aromatic rings. The molecule has 18 heavy (non-hydrogen) atoms. The van der Waals surface area contributed by atoms with Gasteiger partial charge in [-0.1, -0.05) is 13.0 Å². The van der Waals surface area contributed by atoms with Gasteiger partial charge in [0.05, 0.1) is 6.10 Å². The van der Waals surface area contributed by atoms with E-state index in [-0.39, 0.29) is 0 Å². The Hall–Kier alpha value is -0.930. The summed E-state index contributed by atoms with van der Waals surface area (Å²) in [5.41, 5.74) is 1.16. The lowest BCUT2D eigenvalue weighted by Gasteiger charge is -2.20. The molecule has 0 aliphatic carbocycles. The van der Waals surface area contributed by atoms with Crippen LogP contribution in [0.2, 0.25) is 0 Å². The highest BCUT2D eigenvalue weighted by Crippen LogP contribution is 2.09. The molecule has 0 saturated carbocycles. The van der Waals surface area contributed by atoms with Gasteiger partial charge in [-0.3, -0.25) is 4.98 Å². The molecule has 0 amide bonds. The molecule has 0 bridgehead atoms. The zero-order chi connectivity index (χ0) is 13.2. The van der Waals surface area contributed by atoms with Crippen LogP contribution >= 0.6 is 0 Å². The second-order valence-electron chi connectivity index (χ2n) is 4.80. The zero-order valence-electron chi connectivity index (χ0n) is 11.9. The van der Waals surface area contributed by atoms with Crippen LogP contribution in [0.15, 0.2) is 24.4 Å². The molecule has 2 atom stereocenters. The average Bonchev–Trinajstić information content (AvgIpc) is 2.42. The van der Waals surface area contributed by atoms with Crippen molar-refractivity contribution in [3.8, 4) is 0 Å². The number of rotatable bonds is 9. The SMILES string of the molecule is CCCNC(CCC(C)OC)Cc1ccccn1. The summed E-state index contributed by atoms with van der Waals surface area (Å²) in [6.45, 7) is 5.39. The van der Waals surface area contributed by atoms with Crippen LogP contribution < -0.4 is 5.32 Å². The first-order valence-corrected chi connectivity index (χ1v) is 6.92. The summed E-state index contributed by atoms with van der Waals surface area (Å²) in [4.78, 5) is 4.40. The van der Waals surface area contributed by atoms with Crippen LogP contribution in [0.25, 0.3) is 0 Å². The fraction of sp³-hybridized carbons (Fsp3) is 0.667. The molecule has 0 aliphatic rings. The predicted octanol–water partition coefficient (Wildman–Crippen LogP) is 2.81. The van der Waals surface area contributed by atoms with Gasteiger partial charge in [-0.05, 0) is 44.9 Å². The van der Waals surface area contributed by atoms with Crippen LogP contribution in [-0.2, 0) is 11.2 Å². The van der Waals surface area contributed by atoms with E-state index in [4.69, 9.17) is 4.74 Å². The minimum Gasteiger partial charge on any atom is -0.382 e. The van der Waals surface area contributed by atoms with E-state index in [0.717, 1.165) is 31.5 Å². The molecule has 0 fully saturated rings. The maximum atomic E-state index is 5.31. The molecule has 0 radical (unpaired) electrons. The van der Waals surface area contributed by atoms with Crippen LogP contribution in [0.4, 0.5) is 0 Å². The van der Waals surface area contributed by atoms with E-state index in [9.17, 15) is 0 Å². The van der Waals surface area contributed by atoms with Gasteiger partial charge in [-0.15, -0.1) is 0 Å². The van der Waals surface area contributed by atoms with Gasteiger partial charge in [-0.25, -0.2) is 0 Å². The number of hydrogen-bond donors (Lipinski definition) is 1. The third-order valence-electron chi connectivity index (χ3n) is 3.19. The molecule has 1 aromatic heterocycles. The van der Waals surface area contributed by atoms with Crippen molar-refractivity contribution in [2.45, 2.75) is 51.7 Å². The Bertz CT molecular complexity index is 303. The first-order chi connectivity index (χ1) is 8.76.